The third-order valence-corrected chi connectivity index (χ3v) is 3.34. The highest BCUT2D eigenvalue weighted by atomic mass is 127. The standard InChI is InChI=1S/C14H13IN2O/c15-12-3-1-10(2-4-12)7-14(18)11-5-6-17-13(8-11)9-16/h1-6,8H,7,9,16H2. The van der Waals surface area contributed by atoms with Crippen molar-refractivity contribution in [2.45, 2.75) is 13.0 Å². The number of carbonyl (C=O) groups excluding carboxylic acids is 1. The molecule has 2 rings (SSSR count). The lowest BCUT2D eigenvalue weighted by Crippen LogP contribution is -2.06. The van der Waals surface area contributed by atoms with E-state index in [1.165, 1.54) is 0 Å². The van der Waals surface area contributed by atoms with Crippen molar-refractivity contribution < 1.29 is 4.79 Å². The molecule has 0 atom stereocenters. The largest absolute Gasteiger partial charge is 0.325 e. The maximum Gasteiger partial charge on any atom is 0.167 e. The predicted octanol–water partition coefficient (Wildman–Crippen LogP) is 2.57. The van der Waals surface area contributed by atoms with Crippen molar-refractivity contribution in [2.24, 2.45) is 5.73 Å². The van der Waals surface area contributed by atoms with Gasteiger partial charge < -0.3 is 5.73 Å². The molecule has 1 aromatic heterocycles. The highest BCUT2D eigenvalue weighted by Gasteiger charge is 2.07. The summed E-state index contributed by atoms with van der Waals surface area (Å²) in [7, 11) is 0. The first-order valence-electron chi connectivity index (χ1n) is 5.61. The molecule has 2 N–H and O–H groups in total. The molecule has 0 fully saturated rings. The zero-order valence-corrected chi connectivity index (χ0v) is 11.9. The van der Waals surface area contributed by atoms with E-state index < -0.39 is 0 Å². The Hall–Kier alpha value is -1.27. The Kier molecular flexibility index (Phi) is 4.43. The second kappa shape index (κ2) is 6.06. The maximum atomic E-state index is 12.1. The van der Waals surface area contributed by atoms with Crippen LogP contribution in [-0.2, 0) is 13.0 Å². The zero-order valence-electron chi connectivity index (χ0n) is 9.77. The molecule has 0 bridgehead atoms. The Morgan fingerprint density at radius 1 is 1.22 bits per heavy atom. The first-order chi connectivity index (χ1) is 8.69. The smallest absolute Gasteiger partial charge is 0.167 e. The Labute approximate surface area is 120 Å². The lowest BCUT2D eigenvalue weighted by molar-refractivity contribution is 0.0993. The number of carbonyl (C=O) groups is 1. The molecule has 2 aromatic rings. The SMILES string of the molecule is NCc1cc(C(=O)Cc2ccc(I)cc2)ccn1. The van der Waals surface area contributed by atoms with Crippen LogP contribution in [0.3, 0.4) is 0 Å². The number of nitrogens with zero attached hydrogens (tertiary/aromatic N) is 1. The minimum absolute atomic E-state index is 0.0910. The average Bonchev–Trinajstić information content (AvgIpc) is 2.41. The van der Waals surface area contributed by atoms with E-state index in [1.54, 1.807) is 18.3 Å². The van der Waals surface area contributed by atoms with Gasteiger partial charge in [-0.05, 0) is 52.4 Å². The van der Waals surface area contributed by atoms with Gasteiger partial charge in [0.15, 0.2) is 5.78 Å². The molecular weight excluding hydrogens is 339 g/mol. The molecule has 0 aliphatic carbocycles. The fourth-order valence-electron chi connectivity index (χ4n) is 1.65. The van der Waals surface area contributed by atoms with Gasteiger partial charge in [0.2, 0.25) is 0 Å². The first-order valence-corrected chi connectivity index (χ1v) is 6.69. The fourth-order valence-corrected chi connectivity index (χ4v) is 2.01. The topological polar surface area (TPSA) is 56.0 Å². The molecule has 0 unspecified atom stereocenters. The number of halogens is 1. The van der Waals surface area contributed by atoms with Crippen LogP contribution in [0.25, 0.3) is 0 Å². The number of nitrogens with two attached hydrogens (primary N) is 1. The Bertz CT molecular complexity index is 552. The molecule has 0 amide bonds. The van der Waals surface area contributed by atoms with Gasteiger partial charge in [-0.25, -0.2) is 0 Å². The first kappa shape index (κ1) is 13.2. The minimum atomic E-state index is 0.0910. The second-order valence-corrected chi connectivity index (χ2v) is 5.21. The second-order valence-electron chi connectivity index (χ2n) is 3.97. The summed E-state index contributed by atoms with van der Waals surface area (Å²) in [5.74, 6) is 0.0910. The van der Waals surface area contributed by atoms with Crippen molar-refractivity contribution in [3.63, 3.8) is 0 Å². The summed E-state index contributed by atoms with van der Waals surface area (Å²) >= 11 is 2.24. The Morgan fingerprint density at radius 2 is 1.94 bits per heavy atom. The molecule has 0 aliphatic heterocycles. The Balaban J connectivity index is 2.14. The van der Waals surface area contributed by atoms with Crippen LogP contribution in [0, 0.1) is 3.57 Å². The fraction of sp³-hybridized carbons (Fsp3) is 0.143. The molecule has 1 heterocycles. The van der Waals surface area contributed by atoms with Gasteiger partial charge in [-0.1, -0.05) is 12.1 Å². The van der Waals surface area contributed by atoms with E-state index in [0.717, 1.165) is 14.8 Å². The minimum Gasteiger partial charge on any atom is -0.325 e. The molecule has 1 aromatic carbocycles. The molecule has 0 radical (unpaired) electrons. The van der Waals surface area contributed by atoms with Gasteiger partial charge in [-0.15, -0.1) is 0 Å². The highest BCUT2D eigenvalue weighted by Crippen LogP contribution is 2.11. The molecule has 0 spiro atoms. The summed E-state index contributed by atoms with van der Waals surface area (Å²) in [4.78, 5) is 16.2. The van der Waals surface area contributed by atoms with Crippen LogP contribution in [0.2, 0.25) is 0 Å². The molecule has 3 nitrogen and oxygen atoms in total. The summed E-state index contributed by atoms with van der Waals surface area (Å²) in [6, 6.07) is 11.4. The monoisotopic (exact) mass is 352 g/mol. The molecule has 18 heavy (non-hydrogen) atoms. The van der Waals surface area contributed by atoms with E-state index in [1.807, 2.05) is 24.3 Å². The van der Waals surface area contributed by atoms with Crippen LogP contribution in [0.1, 0.15) is 21.6 Å². The molecule has 0 aliphatic rings. The van der Waals surface area contributed by atoms with Crippen LogP contribution in [0.5, 0.6) is 0 Å². The molecule has 0 saturated heterocycles. The summed E-state index contributed by atoms with van der Waals surface area (Å²) in [6.07, 6.45) is 2.04. The van der Waals surface area contributed by atoms with E-state index in [0.29, 0.717) is 18.5 Å². The number of ketones is 1. The number of benzene rings is 1. The van der Waals surface area contributed by atoms with Crippen LogP contribution >= 0.6 is 22.6 Å². The number of aromatic nitrogens is 1. The third-order valence-electron chi connectivity index (χ3n) is 2.63. The van der Waals surface area contributed by atoms with E-state index in [-0.39, 0.29) is 5.78 Å². The van der Waals surface area contributed by atoms with Crippen molar-refractivity contribution in [1.29, 1.82) is 0 Å². The van der Waals surface area contributed by atoms with Crippen molar-refractivity contribution in [3.8, 4) is 0 Å². The van der Waals surface area contributed by atoms with Crippen molar-refractivity contribution in [2.75, 3.05) is 0 Å². The normalized spacial score (nSPS) is 10.3. The molecule has 92 valence electrons. The number of hydrogen-bond donors (Lipinski definition) is 1. The summed E-state index contributed by atoms with van der Waals surface area (Å²) in [5, 5.41) is 0. The average molecular weight is 352 g/mol. The van der Waals surface area contributed by atoms with Gasteiger partial charge >= 0.3 is 0 Å². The number of pyridine rings is 1. The van der Waals surface area contributed by atoms with Crippen LogP contribution < -0.4 is 5.73 Å². The number of rotatable bonds is 4. The summed E-state index contributed by atoms with van der Waals surface area (Å²) in [5.41, 5.74) is 7.94. The van der Waals surface area contributed by atoms with E-state index in [2.05, 4.69) is 27.6 Å². The molecular formula is C14H13IN2O. The lowest BCUT2D eigenvalue weighted by atomic mass is 10.0. The summed E-state index contributed by atoms with van der Waals surface area (Å²) in [6.45, 7) is 0.352. The Morgan fingerprint density at radius 3 is 2.61 bits per heavy atom. The predicted molar refractivity (Wildman–Crippen MR) is 79.3 cm³/mol. The van der Waals surface area contributed by atoms with Gasteiger partial charge in [0.1, 0.15) is 0 Å². The molecule has 0 saturated carbocycles. The number of Topliss-reactive ketones (excluding diaryl/α,β-unsaturated/α-hetero) is 1. The lowest BCUT2D eigenvalue weighted by Gasteiger charge is -2.03. The van der Waals surface area contributed by atoms with E-state index >= 15 is 0 Å². The van der Waals surface area contributed by atoms with Gasteiger partial charge in [-0.3, -0.25) is 9.78 Å². The van der Waals surface area contributed by atoms with Crippen molar-refractivity contribution in [3.05, 3.63) is 63.0 Å². The van der Waals surface area contributed by atoms with Crippen LogP contribution in [-0.4, -0.2) is 10.8 Å². The van der Waals surface area contributed by atoms with Gasteiger partial charge in [-0.2, -0.15) is 0 Å². The quantitative estimate of drug-likeness (QED) is 0.680. The number of hydrogen-bond acceptors (Lipinski definition) is 3. The third kappa shape index (κ3) is 3.36. The van der Waals surface area contributed by atoms with Crippen molar-refractivity contribution in [1.82, 2.24) is 4.98 Å². The van der Waals surface area contributed by atoms with Gasteiger partial charge in [0.25, 0.3) is 0 Å². The molecule has 4 heteroatoms. The summed E-state index contributed by atoms with van der Waals surface area (Å²) < 4.78 is 1.16. The van der Waals surface area contributed by atoms with Gasteiger partial charge in [0.05, 0.1) is 5.69 Å². The highest BCUT2D eigenvalue weighted by molar-refractivity contribution is 14.1. The van der Waals surface area contributed by atoms with Crippen LogP contribution in [0.15, 0.2) is 42.6 Å². The van der Waals surface area contributed by atoms with Gasteiger partial charge in [0, 0.05) is 28.3 Å². The van der Waals surface area contributed by atoms with Crippen LogP contribution in [0.4, 0.5) is 0 Å². The maximum absolute atomic E-state index is 12.1. The van der Waals surface area contributed by atoms with E-state index in [4.69, 9.17) is 5.73 Å². The zero-order chi connectivity index (χ0) is 13.0. The van der Waals surface area contributed by atoms with E-state index in [9.17, 15) is 4.79 Å². The van der Waals surface area contributed by atoms with Crippen molar-refractivity contribution >= 4 is 28.4 Å².